The number of carbonyl (C=O) groups excluding carboxylic acids is 1. The maximum atomic E-state index is 11.2. The van der Waals surface area contributed by atoms with E-state index < -0.39 is 0 Å². The van der Waals surface area contributed by atoms with Crippen LogP contribution in [0.2, 0.25) is 0 Å². The van der Waals surface area contributed by atoms with Crippen LogP contribution in [0, 0.1) is 12.8 Å². The van der Waals surface area contributed by atoms with Gasteiger partial charge in [0.2, 0.25) is 5.91 Å². The molecule has 0 radical (unpaired) electrons. The highest BCUT2D eigenvalue weighted by atomic mass is 16.3. The van der Waals surface area contributed by atoms with Crippen molar-refractivity contribution in [2.75, 3.05) is 6.61 Å². The number of benzene rings is 1. The molecule has 2 rings (SSSR count). The first-order chi connectivity index (χ1) is 7.72. The first-order valence-electron chi connectivity index (χ1n) is 5.25. The molecule has 84 valence electrons. The number of aliphatic hydroxyl groups is 1. The minimum Gasteiger partial charge on any atom is -0.396 e. The van der Waals surface area contributed by atoms with E-state index in [0.717, 1.165) is 16.8 Å². The summed E-state index contributed by atoms with van der Waals surface area (Å²) in [5.41, 5.74) is 5.31. The van der Waals surface area contributed by atoms with Crippen LogP contribution in [0.1, 0.15) is 17.5 Å². The van der Waals surface area contributed by atoms with Gasteiger partial charge in [0.05, 0.1) is 12.3 Å². The molecule has 16 heavy (non-hydrogen) atoms. The van der Waals surface area contributed by atoms with Crippen molar-refractivity contribution < 1.29 is 9.90 Å². The fourth-order valence-corrected chi connectivity index (χ4v) is 1.87. The van der Waals surface area contributed by atoms with E-state index in [1.165, 1.54) is 0 Å². The Bertz CT molecular complexity index is 440. The minimum atomic E-state index is -0.199. The van der Waals surface area contributed by atoms with Gasteiger partial charge >= 0.3 is 0 Å². The SMILES string of the molecule is Cc1ccccc1C1=NNC(=O)CC1CO. The molecule has 1 aliphatic rings. The molecule has 0 saturated heterocycles. The molecular formula is C12H14N2O2. The molecule has 0 spiro atoms. The molecular weight excluding hydrogens is 204 g/mol. The highest BCUT2D eigenvalue weighted by Gasteiger charge is 2.25. The normalized spacial score (nSPS) is 20.2. The molecule has 1 unspecified atom stereocenters. The predicted molar refractivity (Wildman–Crippen MR) is 61.1 cm³/mol. The van der Waals surface area contributed by atoms with Gasteiger partial charge in [0, 0.05) is 17.9 Å². The zero-order valence-corrected chi connectivity index (χ0v) is 9.10. The molecule has 1 aromatic carbocycles. The molecule has 1 atom stereocenters. The van der Waals surface area contributed by atoms with Crippen LogP contribution < -0.4 is 5.43 Å². The average molecular weight is 218 g/mol. The van der Waals surface area contributed by atoms with Crippen LogP contribution in [-0.2, 0) is 4.79 Å². The lowest BCUT2D eigenvalue weighted by molar-refractivity contribution is -0.122. The van der Waals surface area contributed by atoms with Crippen LogP contribution in [-0.4, -0.2) is 23.3 Å². The summed E-state index contributed by atoms with van der Waals surface area (Å²) in [5, 5.41) is 13.3. The molecule has 4 nitrogen and oxygen atoms in total. The van der Waals surface area contributed by atoms with E-state index in [9.17, 15) is 9.90 Å². The van der Waals surface area contributed by atoms with Crippen molar-refractivity contribution in [3.05, 3.63) is 35.4 Å². The zero-order chi connectivity index (χ0) is 11.5. The first kappa shape index (κ1) is 10.8. The van der Waals surface area contributed by atoms with Gasteiger partial charge in [-0.1, -0.05) is 24.3 Å². The van der Waals surface area contributed by atoms with Gasteiger partial charge in [-0.05, 0) is 12.5 Å². The molecule has 0 saturated carbocycles. The van der Waals surface area contributed by atoms with Crippen LogP contribution in [0.25, 0.3) is 0 Å². The number of amides is 1. The van der Waals surface area contributed by atoms with Crippen molar-refractivity contribution in [3.8, 4) is 0 Å². The van der Waals surface area contributed by atoms with E-state index in [0.29, 0.717) is 6.42 Å². The first-order valence-corrected chi connectivity index (χ1v) is 5.25. The summed E-state index contributed by atoms with van der Waals surface area (Å²) >= 11 is 0. The number of hydrazone groups is 1. The van der Waals surface area contributed by atoms with E-state index in [4.69, 9.17) is 0 Å². The molecule has 1 aliphatic heterocycles. The van der Waals surface area contributed by atoms with E-state index >= 15 is 0 Å². The van der Waals surface area contributed by atoms with E-state index in [1.807, 2.05) is 31.2 Å². The number of nitrogens with zero attached hydrogens (tertiary/aromatic N) is 1. The zero-order valence-electron chi connectivity index (χ0n) is 9.10. The van der Waals surface area contributed by atoms with Crippen molar-refractivity contribution in [2.45, 2.75) is 13.3 Å². The Labute approximate surface area is 94.0 Å². The van der Waals surface area contributed by atoms with Crippen LogP contribution in [0.4, 0.5) is 0 Å². The molecule has 2 N–H and O–H groups in total. The predicted octanol–water partition coefficient (Wildman–Crippen LogP) is 0.828. The Balaban J connectivity index is 2.39. The van der Waals surface area contributed by atoms with Crippen LogP contribution in [0.3, 0.4) is 0 Å². The summed E-state index contributed by atoms with van der Waals surface area (Å²) in [7, 11) is 0. The summed E-state index contributed by atoms with van der Waals surface area (Å²) in [4.78, 5) is 11.2. The maximum absolute atomic E-state index is 11.2. The van der Waals surface area contributed by atoms with Gasteiger partial charge in [-0.3, -0.25) is 4.79 Å². The number of aryl methyl sites for hydroxylation is 1. The number of hydrogen-bond acceptors (Lipinski definition) is 3. The number of carbonyl (C=O) groups is 1. The minimum absolute atomic E-state index is 0.0550. The Morgan fingerprint density at radius 2 is 2.25 bits per heavy atom. The molecule has 0 bridgehead atoms. The molecule has 4 heteroatoms. The van der Waals surface area contributed by atoms with Crippen molar-refractivity contribution in [1.29, 1.82) is 0 Å². The van der Waals surface area contributed by atoms with Gasteiger partial charge in [-0.25, -0.2) is 5.43 Å². The number of rotatable bonds is 2. The standard InChI is InChI=1S/C12H14N2O2/c1-8-4-2-3-5-10(8)12-9(7-15)6-11(16)13-14-12/h2-5,9,15H,6-7H2,1H3,(H,13,16). The Morgan fingerprint density at radius 3 is 2.94 bits per heavy atom. The largest absolute Gasteiger partial charge is 0.396 e. The van der Waals surface area contributed by atoms with Crippen molar-refractivity contribution in [2.24, 2.45) is 11.0 Å². The van der Waals surface area contributed by atoms with Crippen molar-refractivity contribution >= 4 is 11.6 Å². The lowest BCUT2D eigenvalue weighted by atomic mass is 9.91. The summed E-state index contributed by atoms with van der Waals surface area (Å²) in [5.74, 6) is -0.341. The third kappa shape index (κ3) is 1.97. The Kier molecular flexibility index (Phi) is 3.01. The summed E-state index contributed by atoms with van der Waals surface area (Å²) in [6.45, 7) is 1.93. The third-order valence-corrected chi connectivity index (χ3v) is 2.76. The van der Waals surface area contributed by atoms with Gasteiger partial charge < -0.3 is 5.11 Å². The summed E-state index contributed by atoms with van der Waals surface area (Å²) < 4.78 is 0. The van der Waals surface area contributed by atoms with E-state index in [-0.39, 0.29) is 18.4 Å². The molecule has 1 amide bonds. The quantitative estimate of drug-likeness (QED) is 0.772. The number of aliphatic hydroxyl groups excluding tert-OH is 1. The van der Waals surface area contributed by atoms with Crippen molar-refractivity contribution in [1.82, 2.24) is 5.43 Å². The molecule has 0 aromatic heterocycles. The fraction of sp³-hybridized carbons (Fsp3) is 0.333. The smallest absolute Gasteiger partial charge is 0.240 e. The average Bonchev–Trinajstić information content (AvgIpc) is 2.30. The lowest BCUT2D eigenvalue weighted by Crippen LogP contribution is -2.35. The second kappa shape index (κ2) is 4.45. The lowest BCUT2D eigenvalue weighted by Gasteiger charge is -2.21. The van der Waals surface area contributed by atoms with Gasteiger partial charge in [-0.2, -0.15) is 5.10 Å². The number of hydrogen-bond donors (Lipinski definition) is 2. The number of nitrogens with one attached hydrogen (secondary N) is 1. The van der Waals surface area contributed by atoms with Crippen molar-refractivity contribution in [3.63, 3.8) is 0 Å². The summed E-state index contributed by atoms with van der Waals surface area (Å²) in [6.07, 6.45) is 0.295. The second-order valence-corrected chi connectivity index (χ2v) is 3.93. The fourth-order valence-electron chi connectivity index (χ4n) is 1.87. The highest BCUT2D eigenvalue weighted by molar-refractivity contribution is 6.06. The Hall–Kier alpha value is -1.68. The van der Waals surface area contributed by atoms with E-state index in [1.54, 1.807) is 0 Å². The summed E-state index contributed by atoms with van der Waals surface area (Å²) in [6, 6.07) is 7.82. The molecule has 1 heterocycles. The highest BCUT2D eigenvalue weighted by Crippen LogP contribution is 2.19. The topological polar surface area (TPSA) is 61.7 Å². The van der Waals surface area contributed by atoms with Crippen LogP contribution in [0.15, 0.2) is 29.4 Å². The van der Waals surface area contributed by atoms with Gasteiger partial charge in [-0.15, -0.1) is 0 Å². The third-order valence-electron chi connectivity index (χ3n) is 2.76. The maximum Gasteiger partial charge on any atom is 0.240 e. The van der Waals surface area contributed by atoms with Gasteiger partial charge in [0.25, 0.3) is 0 Å². The van der Waals surface area contributed by atoms with Gasteiger partial charge in [0.15, 0.2) is 0 Å². The molecule has 0 fully saturated rings. The van der Waals surface area contributed by atoms with Crippen LogP contribution in [0.5, 0.6) is 0 Å². The van der Waals surface area contributed by atoms with E-state index in [2.05, 4.69) is 10.5 Å². The van der Waals surface area contributed by atoms with Gasteiger partial charge in [0.1, 0.15) is 0 Å². The Morgan fingerprint density at radius 1 is 1.50 bits per heavy atom. The second-order valence-electron chi connectivity index (χ2n) is 3.93. The monoisotopic (exact) mass is 218 g/mol. The van der Waals surface area contributed by atoms with Crippen LogP contribution >= 0.6 is 0 Å². The molecule has 0 aliphatic carbocycles. The molecule has 1 aromatic rings.